The third kappa shape index (κ3) is 7.61. The quantitative estimate of drug-likeness (QED) is 0.313. The van der Waals surface area contributed by atoms with Crippen LogP contribution >= 0.6 is 35.3 Å². The van der Waals surface area contributed by atoms with Crippen LogP contribution in [0.3, 0.4) is 0 Å². The van der Waals surface area contributed by atoms with Crippen LogP contribution in [0.4, 0.5) is 0 Å². The van der Waals surface area contributed by atoms with Gasteiger partial charge in [0.1, 0.15) is 0 Å². The molecule has 0 atom stereocenters. The maximum Gasteiger partial charge on any atom is 0.213 e. The lowest BCUT2D eigenvalue weighted by Crippen LogP contribution is -2.37. The molecule has 3 rings (SSSR count). The van der Waals surface area contributed by atoms with Crippen LogP contribution in [0.25, 0.3) is 0 Å². The molecule has 0 radical (unpaired) electrons. The molecule has 1 saturated carbocycles. The fourth-order valence-corrected chi connectivity index (χ4v) is 3.27. The molecular formula is C19H28IN5OS. The van der Waals surface area contributed by atoms with Crippen LogP contribution < -0.4 is 15.4 Å². The Kier molecular flexibility index (Phi) is 9.26. The normalized spacial score (nSPS) is 13.8. The van der Waals surface area contributed by atoms with Crippen molar-refractivity contribution in [3.63, 3.8) is 0 Å². The molecule has 0 aromatic carbocycles. The lowest BCUT2D eigenvalue weighted by Gasteiger charge is -2.11. The second kappa shape index (κ2) is 11.4. The monoisotopic (exact) mass is 501 g/mol. The average Bonchev–Trinajstić information content (AvgIpc) is 3.40. The van der Waals surface area contributed by atoms with E-state index < -0.39 is 0 Å². The lowest BCUT2D eigenvalue weighted by molar-refractivity contribution is 0.288. The first kappa shape index (κ1) is 21.9. The molecule has 1 aliphatic rings. The van der Waals surface area contributed by atoms with E-state index in [-0.39, 0.29) is 24.0 Å². The van der Waals surface area contributed by atoms with Crippen LogP contribution in [0.1, 0.15) is 35.2 Å². The van der Waals surface area contributed by atoms with Gasteiger partial charge in [-0.05, 0) is 30.7 Å². The molecule has 2 heterocycles. The number of hydrogen-bond acceptors (Lipinski definition) is 5. The third-order valence-corrected chi connectivity index (χ3v) is 5.43. The van der Waals surface area contributed by atoms with Crippen LogP contribution in [0.15, 0.2) is 29.5 Å². The molecule has 1 fully saturated rings. The fourth-order valence-electron chi connectivity index (χ4n) is 2.41. The third-order valence-electron chi connectivity index (χ3n) is 4.23. The van der Waals surface area contributed by atoms with Gasteiger partial charge < -0.3 is 15.4 Å². The fraction of sp³-hybridized carbons (Fsp3) is 0.526. The number of nitrogens with zero attached hydrogens (tertiary/aromatic N) is 3. The van der Waals surface area contributed by atoms with Crippen molar-refractivity contribution in [2.24, 2.45) is 10.9 Å². The first-order valence-electron chi connectivity index (χ1n) is 9.22. The number of ether oxygens (including phenoxy) is 1. The van der Waals surface area contributed by atoms with Crippen LogP contribution in [0.5, 0.6) is 5.88 Å². The zero-order valence-electron chi connectivity index (χ0n) is 15.9. The van der Waals surface area contributed by atoms with E-state index >= 15 is 0 Å². The minimum absolute atomic E-state index is 0. The maximum absolute atomic E-state index is 5.66. The van der Waals surface area contributed by atoms with Crippen molar-refractivity contribution in [3.05, 3.63) is 40.0 Å². The highest BCUT2D eigenvalue weighted by Crippen LogP contribution is 2.29. The summed E-state index contributed by atoms with van der Waals surface area (Å²) < 4.78 is 5.66. The van der Waals surface area contributed by atoms with Gasteiger partial charge in [-0.2, -0.15) is 0 Å². The summed E-state index contributed by atoms with van der Waals surface area (Å²) in [5.41, 5.74) is 1.10. The molecule has 0 bridgehead atoms. The highest BCUT2D eigenvalue weighted by molar-refractivity contribution is 14.0. The topological polar surface area (TPSA) is 71.4 Å². The largest absolute Gasteiger partial charge is 0.477 e. The van der Waals surface area contributed by atoms with Crippen molar-refractivity contribution in [2.45, 2.75) is 39.2 Å². The van der Waals surface area contributed by atoms with Gasteiger partial charge in [0.2, 0.25) is 5.88 Å². The van der Waals surface area contributed by atoms with Gasteiger partial charge in [0, 0.05) is 49.9 Å². The molecule has 0 unspecified atom stereocenters. The smallest absolute Gasteiger partial charge is 0.213 e. The Morgan fingerprint density at radius 2 is 2.11 bits per heavy atom. The Labute approximate surface area is 182 Å². The number of rotatable bonds is 9. The molecule has 1 aliphatic carbocycles. The Hall–Kier alpha value is -1.42. The summed E-state index contributed by atoms with van der Waals surface area (Å²) in [6.07, 6.45) is 8.35. The van der Waals surface area contributed by atoms with Gasteiger partial charge in [0.15, 0.2) is 5.96 Å². The van der Waals surface area contributed by atoms with Crippen molar-refractivity contribution >= 4 is 41.3 Å². The molecule has 0 amide bonds. The number of aliphatic imine (C=N–C) groups is 1. The van der Waals surface area contributed by atoms with Crippen LogP contribution in [0, 0.1) is 5.92 Å². The Morgan fingerprint density at radius 1 is 1.26 bits per heavy atom. The van der Waals surface area contributed by atoms with E-state index in [1.54, 1.807) is 18.4 Å². The molecule has 8 heteroatoms. The summed E-state index contributed by atoms with van der Waals surface area (Å²) in [5.74, 6) is 2.23. The summed E-state index contributed by atoms with van der Waals surface area (Å²) in [4.78, 5) is 14.4. The van der Waals surface area contributed by atoms with Crippen LogP contribution in [0.2, 0.25) is 0 Å². The number of hydrogen-bond donors (Lipinski definition) is 2. The molecule has 27 heavy (non-hydrogen) atoms. The highest BCUT2D eigenvalue weighted by atomic mass is 127. The summed E-state index contributed by atoms with van der Waals surface area (Å²) in [6, 6.07) is 3.97. The standard InChI is InChI=1S/C19H27N5OS.HI/c1-3-16-12-23-18(26-16)8-9-21-19(20-2)24-11-15-6-7-17(22-10-15)25-13-14-4-5-14;/h6-7,10,12,14H,3-5,8-9,11,13H2,1-2H3,(H2,20,21,24);1H. The number of nitrogens with one attached hydrogen (secondary N) is 2. The van der Waals surface area contributed by atoms with Crippen molar-refractivity contribution in [3.8, 4) is 5.88 Å². The molecule has 0 saturated heterocycles. The van der Waals surface area contributed by atoms with Gasteiger partial charge in [-0.3, -0.25) is 4.99 Å². The van der Waals surface area contributed by atoms with Crippen molar-refractivity contribution < 1.29 is 4.74 Å². The average molecular weight is 501 g/mol. The molecule has 0 aliphatic heterocycles. The predicted octanol–water partition coefficient (Wildman–Crippen LogP) is 3.42. The molecule has 2 aromatic heterocycles. The van der Waals surface area contributed by atoms with Gasteiger partial charge in [0.25, 0.3) is 0 Å². The van der Waals surface area contributed by atoms with Crippen molar-refractivity contribution in [2.75, 3.05) is 20.2 Å². The zero-order valence-corrected chi connectivity index (χ0v) is 19.0. The van der Waals surface area contributed by atoms with E-state index in [1.807, 2.05) is 24.5 Å². The Bertz CT molecular complexity index is 715. The number of halogens is 1. The van der Waals surface area contributed by atoms with Gasteiger partial charge in [0.05, 0.1) is 11.6 Å². The summed E-state index contributed by atoms with van der Waals surface area (Å²) in [5, 5.41) is 7.80. The number of aryl methyl sites for hydroxylation is 1. The second-order valence-electron chi connectivity index (χ2n) is 6.44. The molecule has 0 spiro atoms. The zero-order chi connectivity index (χ0) is 18.2. The van der Waals surface area contributed by atoms with E-state index in [9.17, 15) is 0 Å². The van der Waals surface area contributed by atoms with Gasteiger partial charge in [-0.1, -0.05) is 13.0 Å². The molecular weight excluding hydrogens is 473 g/mol. The second-order valence-corrected chi connectivity index (χ2v) is 7.64. The van der Waals surface area contributed by atoms with Crippen molar-refractivity contribution in [1.29, 1.82) is 0 Å². The molecule has 6 nitrogen and oxygen atoms in total. The number of aromatic nitrogens is 2. The predicted molar refractivity (Wildman–Crippen MR) is 121 cm³/mol. The number of guanidine groups is 1. The summed E-state index contributed by atoms with van der Waals surface area (Å²) >= 11 is 1.78. The van der Waals surface area contributed by atoms with E-state index in [2.05, 4.69) is 32.5 Å². The molecule has 148 valence electrons. The minimum atomic E-state index is 0. The van der Waals surface area contributed by atoms with Gasteiger partial charge in [-0.25, -0.2) is 9.97 Å². The highest BCUT2D eigenvalue weighted by Gasteiger charge is 2.22. The Morgan fingerprint density at radius 3 is 2.74 bits per heavy atom. The van der Waals surface area contributed by atoms with E-state index in [4.69, 9.17) is 4.74 Å². The minimum Gasteiger partial charge on any atom is -0.477 e. The summed E-state index contributed by atoms with van der Waals surface area (Å²) in [6.45, 7) is 4.43. The summed E-state index contributed by atoms with van der Waals surface area (Å²) in [7, 11) is 1.78. The number of thiazole rings is 1. The van der Waals surface area contributed by atoms with Crippen LogP contribution in [-0.2, 0) is 19.4 Å². The first-order chi connectivity index (χ1) is 12.8. The first-order valence-corrected chi connectivity index (χ1v) is 10.0. The lowest BCUT2D eigenvalue weighted by atomic mass is 10.3. The molecule has 2 aromatic rings. The van der Waals surface area contributed by atoms with Crippen LogP contribution in [-0.4, -0.2) is 36.1 Å². The van der Waals surface area contributed by atoms with E-state index in [1.165, 1.54) is 17.7 Å². The van der Waals surface area contributed by atoms with E-state index in [0.717, 1.165) is 48.4 Å². The van der Waals surface area contributed by atoms with Crippen molar-refractivity contribution in [1.82, 2.24) is 20.6 Å². The van der Waals surface area contributed by atoms with E-state index in [0.29, 0.717) is 12.4 Å². The maximum atomic E-state index is 5.66. The van der Waals surface area contributed by atoms with Gasteiger partial charge in [-0.15, -0.1) is 35.3 Å². The SMILES string of the molecule is CCc1cnc(CCNC(=NC)NCc2ccc(OCC3CC3)nc2)s1.I. The Balaban J connectivity index is 0.00000261. The molecule has 2 N–H and O–H groups in total. The van der Waals surface area contributed by atoms with Gasteiger partial charge >= 0.3 is 0 Å². The number of pyridine rings is 1.